The Morgan fingerprint density at radius 1 is 1.50 bits per heavy atom. The van der Waals surface area contributed by atoms with Crippen molar-refractivity contribution in [2.45, 2.75) is 13.8 Å². The predicted molar refractivity (Wildman–Crippen MR) is 88.2 cm³/mol. The minimum Gasteiger partial charge on any atom is -0.494 e. The van der Waals surface area contributed by atoms with Gasteiger partial charge >= 0.3 is 0 Å². The molecule has 0 saturated carbocycles. The molecule has 0 amide bonds. The summed E-state index contributed by atoms with van der Waals surface area (Å²) in [6.45, 7) is 8.36. The standard InChI is InChI=1S/C15H19N3O3S/c1-4-13(21-5-2)7-6-12(3)14-15-17-22(19,20)11-10-18(15)9-8-16-14/h4,6-9H,1,5,10-11H2,2-3H3/b12-6+,13-7+. The minimum atomic E-state index is -3.42. The number of nitrogens with zero attached hydrogens (tertiary/aromatic N) is 3. The van der Waals surface area contributed by atoms with E-state index in [0.29, 0.717) is 30.5 Å². The Labute approximate surface area is 131 Å². The molecule has 0 aromatic rings. The summed E-state index contributed by atoms with van der Waals surface area (Å²) in [5.74, 6) is 1.03. The Kier molecular flexibility index (Phi) is 4.97. The van der Waals surface area contributed by atoms with Crippen LogP contribution in [0.25, 0.3) is 0 Å². The van der Waals surface area contributed by atoms with Crippen molar-refractivity contribution in [3.8, 4) is 0 Å². The van der Waals surface area contributed by atoms with Crippen molar-refractivity contribution < 1.29 is 13.2 Å². The molecule has 0 fully saturated rings. The number of rotatable bonds is 5. The van der Waals surface area contributed by atoms with Crippen LogP contribution in [-0.2, 0) is 14.8 Å². The summed E-state index contributed by atoms with van der Waals surface area (Å²) < 4.78 is 32.6. The third kappa shape index (κ3) is 3.73. The summed E-state index contributed by atoms with van der Waals surface area (Å²) in [6, 6.07) is 0. The van der Waals surface area contributed by atoms with Crippen molar-refractivity contribution in [3.05, 3.63) is 48.5 Å². The van der Waals surface area contributed by atoms with Gasteiger partial charge in [-0.2, -0.15) is 0 Å². The van der Waals surface area contributed by atoms with Gasteiger partial charge in [0.05, 0.1) is 12.4 Å². The molecule has 0 saturated heterocycles. The molecule has 2 aliphatic heterocycles. The predicted octanol–water partition coefficient (Wildman–Crippen LogP) is 2.01. The Morgan fingerprint density at radius 3 is 2.95 bits per heavy atom. The second-order valence-electron chi connectivity index (χ2n) is 4.73. The zero-order valence-electron chi connectivity index (χ0n) is 12.7. The third-order valence-electron chi connectivity index (χ3n) is 3.13. The maximum atomic E-state index is 11.7. The van der Waals surface area contributed by atoms with Crippen LogP contribution in [0.5, 0.6) is 0 Å². The van der Waals surface area contributed by atoms with Gasteiger partial charge in [0.15, 0.2) is 5.84 Å². The number of sulfonamides is 1. The topological polar surface area (TPSA) is 71.3 Å². The van der Waals surface area contributed by atoms with Crippen LogP contribution in [0.4, 0.5) is 0 Å². The molecule has 0 spiro atoms. The highest BCUT2D eigenvalue weighted by molar-refractivity contribution is 7.90. The molecule has 0 aromatic heterocycles. The van der Waals surface area contributed by atoms with E-state index in [1.54, 1.807) is 29.5 Å². The van der Waals surface area contributed by atoms with E-state index in [0.717, 1.165) is 5.57 Å². The van der Waals surface area contributed by atoms with Gasteiger partial charge < -0.3 is 9.64 Å². The third-order valence-corrected chi connectivity index (χ3v) is 4.28. The molecule has 0 atom stereocenters. The van der Waals surface area contributed by atoms with Crippen LogP contribution in [0.15, 0.2) is 57.9 Å². The fourth-order valence-corrected chi connectivity index (χ4v) is 3.00. The zero-order chi connectivity index (χ0) is 16.2. The molecule has 0 unspecified atom stereocenters. The summed E-state index contributed by atoms with van der Waals surface area (Å²) in [7, 11) is -3.42. The Morgan fingerprint density at radius 2 is 2.27 bits per heavy atom. The van der Waals surface area contributed by atoms with Crippen LogP contribution in [0.1, 0.15) is 13.8 Å². The van der Waals surface area contributed by atoms with Crippen LogP contribution in [0.2, 0.25) is 0 Å². The van der Waals surface area contributed by atoms with Crippen molar-refractivity contribution in [2.24, 2.45) is 9.39 Å². The molecule has 2 heterocycles. The first-order valence-electron chi connectivity index (χ1n) is 6.95. The maximum Gasteiger partial charge on any atom is 0.256 e. The van der Waals surface area contributed by atoms with Gasteiger partial charge in [0.2, 0.25) is 0 Å². The normalized spacial score (nSPS) is 20.9. The van der Waals surface area contributed by atoms with Crippen LogP contribution >= 0.6 is 0 Å². The van der Waals surface area contributed by atoms with Gasteiger partial charge in [-0.25, -0.2) is 8.42 Å². The van der Waals surface area contributed by atoms with Crippen molar-refractivity contribution in [2.75, 3.05) is 18.9 Å². The Balaban J connectivity index is 2.34. The fourth-order valence-electron chi connectivity index (χ4n) is 2.03. The quantitative estimate of drug-likeness (QED) is 0.573. The summed E-state index contributed by atoms with van der Waals surface area (Å²) in [4.78, 5) is 6.06. The van der Waals surface area contributed by atoms with Gasteiger partial charge in [-0.3, -0.25) is 4.99 Å². The largest absolute Gasteiger partial charge is 0.494 e. The SMILES string of the molecule is C=C/C(=C\C=C(/C)C1=NC=CN2CCS(=O)(=O)N=C12)OCC. The highest BCUT2D eigenvalue weighted by Crippen LogP contribution is 2.16. The van der Waals surface area contributed by atoms with Crippen molar-refractivity contribution in [1.82, 2.24) is 4.90 Å². The molecular weight excluding hydrogens is 302 g/mol. The molecule has 0 N–H and O–H groups in total. The lowest BCUT2D eigenvalue weighted by atomic mass is 10.1. The summed E-state index contributed by atoms with van der Waals surface area (Å²) >= 11 is 0. The van der Waals surface area contributed by atoms with Gasteiger partial charge in [0.1, 0.15) is 11.5 Å². The van der Waals surface area contributed by atoms with Gasteiger partial charge in [-0.15, -0.1) is 4.40 Å². The minimum absolute atomic E-state index is 0.0156. The average molecular weight is 321 g/mol. The molecule has 0 aliphatic carbocycles. The highest BCUT2D eigenvalue weighted by atomic mass is 32.2. The van der Waals surface area contributed by atoms with Crippen LogP contribution in [-0.4, -0.2) is 43.8 Å². The van der Waals surface area contributed by atoms with E-state index in [9.17, 15) is 8.42 Å². The number of ether oxygens (including phenoxy) is 1. The second kappa shape index (κ2) is 6.74. The van der Waals surface area contributed by atoms with Crippen LogP contribution in [0.3, 0.4) is 0 Å². The number of amidine groups is 1. The smallest absolute Gasteiger partial charge is 0.256 e. The first kappa shape index (κ1) is 16.2. The molecule has 0 bridgehead atoms. The average Bonchev–Trinajstić information content (AvgIpc) is 2.49. The second-order valence-corrected chi connectivity index (χ2v) is 6.48. The maximum absolute atomic E-state index is 11.7. The Bertz CT molecular complexity index is 712. The van der Waals surface area contributed by atoms with E-state index in [4.69, 9.17) is 4.74 Å². The highest BCUT2D eigenvalue weighted by Gasteiger charge is 2.28. The van der Waals surface area contributed by atoms with Gasteiger partial charge in [-0.05, 0) is 31.6 Å². The monoisotopic (exact) mass is 321 g/mol. The van der Waals surface area contributed by atoms with Crippen LogP contribution in [0, 0.1) is 0 Å². The van der Waals surface area contributed by atoms with E-state index >= 15 is 0 Å². The van der Waals surface area contributed by atoms with Crippen molar-refractivity contribution in [1.29, 1.82) is 0 Å². The van der Waals surface area contributed by atoms with E-state index in [-0.39, 0.29) is 5.75 Å². The molecule has 0 radical (unpaired) electrons. The van der Waals surface area contributed by atoms with Crippen LogP contribution < -0.4 is 0 Å². The molecule has 22 heavy (non-hydrogen) atoms. The van der Waals surface area contributed by atoms with Crippen molar-refractivity contribution >= 4 is 21.6 Å². The molecular formula is C15H19N3O3S. The van der Waals surface area contributed by atoms with E-state index < -0.39 is 10.0 Å². The molecule has 7 heteroatoms. The lowest BCUT2D eigenvalue weighted by Crippen LogP contribution is -2.42. The molecule has 2 rings (SSSR count). The molecule has 2 aliphatic rings. The van der Waals surface area contributed by atoms with Gasteiger partial charge in [0.25, 0.3) is 10.0 Å². The molecule has 0 aromatic carbocycles. The summed E-state index contributed by atoms with van der Waals surface area (Å²) in [5, 5.41) is 0. The number of aliphatic imine (C=N–C) groups is 1. The zero-order valence-corrected chi connectivity index (χ0v) is 13.5. The number of hydrogen-bond donors (Lipinski definition) is 0. The summed E-state index contributed by atoms with van der Waals surface area (Å²) in [6.07, 6.45) is 8.58. The van der Waals surface area contributed by atoms with E-state index in [1.165, 1.54) is 0 Å². The number of hydrogen-bond acceptors (Lipinski definition) is 5. The van der Waals surface area contributed by atoms with E-state index in [2.05, 4.69) is 16.0 Å². The molecule has 118 valence electrons. The molecule has 6 nitrogen and oxygen atoms in total. The first-order chi connectivity index (χ1) is 10.5. The number of allylic oxidation sites excluding steroid dienone is 3. The van der Waals surface area contributed by atoms with Gasteiger partial charge in [-0.1, -0.05) is 12.7 Å². The first-order valence-corrected chi connectivity index (χ1v) is 8.56. The lowest BCUT2D eigenvalue weighted by molar-refractivity contribution is 0.243. The van der Waals surface area contributed by atoms with Crippen molar-refractivity contribution in [3.63, 3.8) is 0 Å². The fraction of sp³-hybridized carbons (Fsp3) is 0.333. The van der Waals surface area contributed by atoms with Gasteiger partial charge in [0, 0.05) is 18.9 Å². The van der Waals surface area contributed by atoms with E-state index in [1.807, 2.05) is 19.9 Å². The lowest BCUT2D eigenvalue weighted by Gasteiger charge is -2.28. The Hall–Kier alpha value is -2.15. The summed E-state index contributed by atoms with van der Waals surface area (Å²) in [5.41, 5.74) is 1.34. The number of fused-ring (bicyclic) bond motifs is 1.